The number of nitrogens with zero attached hydrogens (tertiary/aromatic N) is 2. The Kier molecular flexibility index (Phi) is 4.81. The zero-order valence-corrected chi connectivity index (χ0v) is 15.9. The summed E-state index contributed by atoms with van der Waals surface area (Å²) >= 11 is 3.07. The van der Waals surface area contributed by atoms with Gasteiger partial charge in [-0.05, 0) is 38.1 Å². The van der Waals surface area contributed by atoms with Gasteiger partial charge in [0.2, 0.25) is 5.91 Å². The van der Waals surface area contributed by atoms with Crippen molar-refractivity contribution in [2.24, 2.45) is 11.8 Å². The van der Waals surface area contributed by atoms with Crippen molar-refractivity contribution in [2.75, 3.05) is 19.6 Å². The van der Waals surface area contributed by atoms with Crippen LogP contribution in [0, 0.1) is 11.8 Å². The van der Waals surface area contributed by atoms with Crippen LogP contribution in [0.3, 0.4) is 0 Å². The van der Waals surface area contributed by atoms with E-state index in [1.807, 2.05) is 6.92 Å². The van der Waals surface area contributed by atoms with E-state index >= 15 is 0 Å². The van der Waals surface area contributed by atoms with Gasteiger partial charge in [-0.1, -0.05) is 18.7 Å². The first kappa shape index (κ1) is 17.7. The summed E-state index contributed by atoms with van der Waals surface area (Å²) < 4.78 is 0.745. The van der Waals surface area contributed by atoms with E-state index in [0.717, 1.165) is 29.7 Å². The molecule has 6 nitrogen and oxygen atoms in total. The summed E-state index contributed by atoms with van der Waals surface area (Å²) in [6.07, 6.45) is 3.57. The van der Waals surface area contributed by atoms with Crippen molar-refractivity contribution < 1.29 is 19.8 Å². The third kappa shape index (κ3) is 3.22. The molecule has 0 bridgehead atoms. The minimum atomic E-state index is -1.04. The van der Waals surface area contributed by atoms with Gasteiger partial charge in [0.15, 0.2) is 5.70 Å². The van der Waals surface area contributed by atoms with Gasteiger partial charge in [-0.15, -0.1) is 11.8 Å². The second-order valence-corrected chi connectivity index (χ2v) is 10.1. The van der Waals surface area contributed by atoms with Gasteiger partial charge in [0.05, 0.1) is 16.3 Å². The zero-order valence-electron chi connectivity index (χ0n) is 14.3. The van der Waals surface area contributed by atoms with Crippen LogP contribution in [0.1, 0.15) is 32.6 Å². The van der Waals surface area contributed by atoms with Crippen LogP contribution in [0.5, 0.6) is 0 Å². The predicted octanol–water partition coefficient (Wildman–Crippen LogP) is 1.76. The Hall–Kier alpha value is -0.700. The lowest BCUT2D eigenvalue weighted by atomic mass is 9.90. The summed E-state index contributed by atoms with van der Waals surface area (Å²) in [6.45, 7) is 5.09. The number of aliphatic hydroxyl groups excluding tert-OH is 1. The quantitative estimate of drug-likeness (QED) is 0.647. The maximum absolute atomic E-state index is 12.4. The van der Waals surface area contributed by atoms with Crippen molar-refractivity contribution in [3.05, 3.63) is 9.93 Å². The van der Waals surface area contributed by atoms with Gasteiger partial charge < -0.3 is 15.1 Å². The largest absolute Gasteiger partial charge is 0.477 e. The Morgan fingerprint density at radius 1 is 1.40 bits per heavy atom. The summed E-state index contributed by atoms with van der Waals surface area (Å²) in [4.78, 5) is 28.0. The molecule has 2 saturated heterocycles. The van der Waals surface area contributed by atoms with Gasteiger partial charge in [-0.2, -0.15) is 0 Å². The molecule has 1 aliphatic carbocycles. The number of β-lactam (4-membered cyclic amide) rings is 1. The molecule has 4 aliphatic rings. The molecule has 3 aliphatic heterocycles. The monoisotopic (exact) mass is 384 g/mol. The van der Waals surface area contributed by atoms with Crippen LogP contribution < -0.4 is 0 Å². The van der Waals surface area contributed by atoms with Gasteiger partial charge >= 0.3 is 5.97 Å². The molecule has 0 radical (unpaired) electrons. The fourth-order valence-corrected chi connectivity index (χ4v) is 7.18. The number of fused-ring (bicyclic) bond motifs is 1. The van der Waals surface area contributed by atoms with Crippen LogP contribution in [-0.4, -0.2) is 68.3 Å². The molecule has 0 unspecified atom stereocenters. The molecule has 3 fully saturated rings. The number of thioether (sulfide) groups is 2. The highest BCUT2D eigenvalue weighted by Crippen LogP contribution is 2.55. The number of rotatable bonds is 7. The van der Waals surface area contributed by atoms with E-state index in [1.54, 1.807) is 11.8 Å². The molecule has 2 N–H and O–H groups in total. The van der Waals surface area contributed by atoms with E-state index in [4.69, 9.17) is 0 Å². The van der Waals surface area contributed by atoms with Gasteiger partial charge in [0.1, 0.15) is 5.37 Å². The summed E-state index contributed by atoms with van der Waals surface area (Å²) in [5.74, 6) is -0.892. The number of hydrogen-bond acceptors (Lipinski definition) is 6. The number of aliphatic carboxylic acids is 1. The molecule has 0 aromatic heterocycles. The summed E-state index contributed by atoms with van der Waals surface area (Å²) in [5, 5.41) is 19.8. The van der Waals surface area contributed by atoms with E-state index in [2.05, 4.69) is 4.90 Å². The standard InChI is InChI=1S/C17H24N2O4S2/c1-2-11(20)12-14(21)19-13(16(22)23)17(25-15(12)19)24-10-5-6-18(8-10)7-9-3-4-9/h9-12,15,20H,2-8H2,1H3,(H,22,23)/t10-,11-,12+,15+/m0/s1. The number of carboxylic acid groups (broad SMARTS) is 1. The number of carboxylic acids is 1. The lowest BCUT2D eigenvalue weighted by Gasteiger charge is -2.44. The first-order chi connectivity index (χ1) is 12.0. The summed E-state index contributed by atoms with van der Waals surface area (Å²) in [7, 11) is 0. The maximum Gasteiger partial charge on any atom is 0.354 e. The fraction of sp³-hybridized carbons (Fsp3) is 0.765. The second kappa shape index (κ2) is 6.79. The number of hydrogen-bond donors (Lipinski definition) is 2. The average Bonchev–Trinajstić information content (AvgIpc) is 3.17. The summed E-state index contributed by atoms with van der Waals surface area (Å²) in [6, 6.07) is 0. The molecule has 25 heavy (non-hydrogen) atoms. The minimum absolute atomic E-state index is 0.130. The highest BCUT2D eigenvalue weighted by Gasteiger charge is 2.58. The van der Waals surface area contributed by atoms with E-state index in [0.29, 0.717) is 11.7 Å². The van der Waals surface area contributed by atoms with E-state index in [9.17, 15) is 19.8 Å². The van der Waals surface area contributed by atoms with E-state index in [1.165, 1.54) is 36.0 Å². The van der Waals surface area contributed by atoms with E-state index < -0.39 is 18.0 Å². The average molecular weight is 385 g/mol. The van der Waals surface area contributed by atoms with Gasteiger partial charge in [-0.25, -0.2) is 4.79 Å². The molecule has 4 rings (SSSR count). The Morgan fingerprint density at radius 2 is 2.16 bits per heavy atom. The Labute approximate surface area is 156 Å². The molecular formula is C17H24N2O4S2. The van der Waals surface area contributed by atoms with Crippen LogP contribution in [0.4, 0.5) is 0 Å². The van der Waals surface area contributed by atoms with E-state index in [-0.39, 0.29) is 17.0 Å². The number of aliphatic hydroxyl groups is 1. The van der Waals surface area contributed by atoms with Crippen molar-refractivity contribution in [1.29, 1.82) is 0 Å². The van der Waals surface area contributed by atoms with Gasteiger partial charge in [0, 0.05) is 18.3 Å². The van der Waals surface area contributed by atoms with Crippen LogP contribution in [0.15, 0.2) is 9.93 Å². The molecule has 3 heterocycles. The predicted molar refractivity (Wildman–Crippen MR) is 97.8 cm³/mol. The Balaban J connectivity index is 1.44. The highest BCUT2D eigenvalue weighted by molar-refractivity contribution is 8.23. The second-order valence-electron chi connectivity index (χ2n) is 7.39. The topological polar surface area (TPSA) is 81.1 Å². The van der Waals surface area contributed by atoms with Crippen LogP contribution in [0.25, 0.3) is 0 Å². The maximum atomic E-state index is 12.4. The third-order valence-electron chi connectivity index (χ3n) is 5.50. The van der Waals surface area contributed by atoms with Crippen molar-refractivity contribution in [3.8, 4) is 0 Å². The molecule has 0 aromatic carbocycles. The van der Waals surface area contributed by atoms with Gasteiger partial charge in [-0.3, -0.25) is 9.69 Å². The molecular weight excluding hydrogens is 360 g/mol. The fourth-order valence-electron chi connectivity index (χ4n) is 3.87. The smallest absolute Gasteiger partial charge is 0.354 e. The number of carbonyl (C=O) groups excluding carboxylic acids is 1. The normalized spacial score (nSPS) is 33.6. The first-order valence-corrected chi connectivity index (χ1v) is 10.8. The molecule has 1 amide bonds. The van der Waals surface area contributed by atoms with Crippen LogP contribution >= 0.6 is 23.5 Å². The molecule has 8 heteroatoms. The molecule has 0 spiro atoms. The minimum Gasteiger partial charge on any atom is -0.477 e. The third-order valence-corrected chi connectivity index (χ3v) is 8.35. The number of carbonyl (C=O) groups is 2. The molecule has 4 atom stereocenters. The van der Waals surface area contributed by atoms with Gasteiger partial charge in [0.25, 0.3) is 0 Å². The summed E-state index contributed by atoms with van der Waals surface area (Å²) in [5.41, 5.74) is 0.130. The number of likely N-dealkylation sites (tertiary alicyclic amines) is 1. The molecule has 138 valence electrons. The Morgan fingerprint density at radius 3 is 2.80 bits per heavy atom. The molecule has 1 saturated carbocycles. The van der Waals surface area contributed by atoms with Crippen molar-refractivity contribution in [1.82, 2.24) is 9.80 Å². The van der Waals surface area contributed by atoms with Crippen LogP contribution in [0.2, 0.25) is 0 Å². The van der Waals surface area contributed by atoms with Crippen molar-refractivity contribution in [3.63, 3.8) is 0 Å². The lowest BCUT2D eigenvalue weighted by Crippen LogP contribution is -2.61. The first-order valence-electron chi connectivity index (χ1n) is 9.04. The SMILES string of the molecule is CC[C@H](O)[C@@H]1C(=O)N2C(C(=O)O)=C(S[C@H]3CCN(CC4CC4)C3)S[C@H]12. The molecule has 0 aromatic rings. The van der Waals surface area contributed by atoms with Crippen molar-refractivity contribution in [2.45, 2.75) is 49.3 Å². The zero-order chi connectivity index (χ0) is 17.7. The lowest BCUT2D eigenvalue weighted by molar-refractivity contribution is -0.157. The van der Waals surface area contributed by atoms with Crippen molar-refractivity contribution >= 4 is 35.4 Å². The highest BCUT2D eigenvalue weighted by atomic mass is 32.2. The number of amides is 1. The Bertz CT molecular complexity index is 622. The van der Waals surface area contributed by atoms with Crippen LogP contribution in [-0.2, 0) is 9.59 Å².